The Balaban J connectivity index is 0.00000121. The van der Waals surface area contributed by atoms with Gasteiger partial charge in [0.1, 0.15) is 0 Å². The molecule has 104 valence electrons. The minimum atomic E-state index is 0.191. The zero-order valence-corrected chi connectivity index (χ0v) is 12.6. The van der Waals surface area contributed by atoms with Crippen LogP contribution in [0.5, 0.6) is 0 Å². The van der Waals surface area contributed by atoms with Gasteiger partial charge in [-0.15, -0.1) is 0 Å². The van der Waals surface area contributed by atoms with Crippen LogP contribution in [0.15, 0.2) is 0 Å². The van der Waals surface area contributed by atoms with E-state index in [-0.39, 0.29) is 5.54 Å². The van der Waals surface area contributed by atoms with Crippen molar-refractivity contribution in [2.45, 2.75) is 59.6 Å². The highest BCUT2D eigenvalue weighted by Crippen LogP contribution is 2.18. The van der Waals surface area contributed by atoms with Crippen molar-refractivity contribution in [1.29, 1.82) is 0 Å². The molecule has 1 aliphatic heterocycles. The molecule has 3 nitrogen and oxygen atoms in total. The van der Waals surface area contributed by atoms with Crippen LogP contribution in [0, 0.1) is 0 Å². The summed E-state index contributed by atoms with van der Waals surface area (Å²) in [6.45, 7) is 17.4. The molecule has 0 unspecified atom stereocenters. The van der Waals surface area contributed by atoms with Crippen LogP contribution in [0.25, 0.3) is 0 Å². The Morgan fingerprint density at radius 3 is 2.47 bits per heavy atom. The topological polar surface area (TPSA) is 21.7 Å². The molecule has 0 aromatic heterocycles. The largest absolute Gasteiger partial charge is 0.379 e. The van der Waals surface area contributed by atoms with Crippen LogP contribution in [0.3, 0.4) is 0 Å². The van der Waals surface area contributed by atoms with Crippen LogP contribution >= 0.6 is 0 Å². The highest BCUT2D eigenvalue weighted by molar-refractivity contribution is 4.84. The lowest BCUT2D eigenvalue weighted by atomic mass is 10.0. The lowest BCUT2D eigenvalue weighted by Crippen LogP contribution is -2.53. The van der Waals surface area contributed by atoms with Gasteiger partial charge in [-0.25, -0.2) is 0 Å². The summed E-state index contributed by atoms with van der Waals surface area (Å²) >= 11 is 0. The molecule has 0 bridgehead atoms. The molecule has 0 N–H and O–H groups in total. The SMILES string of the molecule is CC.CC(C)OCCCN1CCOCC1(C)C. The lowest BCUT2D eigenvalue weighted by molar-refractivity contribution is -0.0546. The summed E-state index contributed by atoms with van der Waals surface area (Å²) in [7, 11) is 0. The third kappa shape index (κ3) is 7.02. The van der Waals surface area contributed by atoms with E-state index in [1.165, 1.54) is 0 Å². The van der Waals surface area contributed by atoms with E-state index in [9.17, 15) is 0 Å². The van der Waals surface area contributed by atoms with Crippen molar-refractivity contribution < 1.29 is 9.47 Å². The standard InChI is InChI=1S/C12H25NO2.C2H6/c1-11(2)15-8-5-6-13-7-9-14-10-12(13,3)4;1-2/h11H,5-10H2,1-4H3;1-2H3. The maximum absolute atomic E-state index is 5.54. The average molecular weight is 245 g/mol. The molecule has 0 aromatic rings. The van der Waals surface area contributed by atoms with E-state index in [0.717, 1.165) is 39.3 Å². The van der Waals surface area contributed by atoms with Gasteiger partial charge in [-0.1, -0.05) is 13.8 Å². The lowest BCUT2D eigenvalue weighted by Gasteiger charge is -2.42. The minimum absolute atomic E-state index is 0.191. The molecule has 0 aliphatic carbocycles. The number of morpholine rings is 1. The van der Waals surface area contributed by atoms with Crippen molar-refractivity contribution >= 4 is 0 Å². The molecule has 1 heterocycles. The van der Waals surface area contributed by atoms with Gasteiger partial charge >= 0.3 is 0 Å². The van der Waals surface area contributed by atoms with Crippen molar-refractivity contribution in [2.24, 2.45) is 0 Å². The Hall–Kier alpha value is -0.120. The molecule has 1 aliphatic rings. The summed E-state index contributed by atoms with van der Waals surface area (Å²) in [5.41, 5.74) is 0.191. The molecule has 0 radical (unpaired) electrons. The summed E-state index contributed by atoms with van der Waals surface area (Å²) < 4.78 is 11.0. The van der Waals surface area contributed by atoms with Crippen molar-refractivity contribution in [3.63, 3.8) is 0 Å². The second-order valence-corrected chi connectivity index (χ2v) is 5.13. The fourth-order valence-corrected chi connectivity index (χ4v) is 1.88. The first-order valence-corrected chi connectivity index (χ1v) is 6.97. The number of hydrogen-bond acceptors (Lipinski definition) is 3. The van der Waals surface area contributed by atoms with E-state index in [1.807, 2.05) is 13.8 Å². The van der Waals surface area contributed by atoms with Crippen LogP contribution in [0.2, 0.25) is 0 Å². The number of ether oxygens (including phenoxy) is 2. The summed E-state index contributed by atoms with van der Waals surface area (Å²) in [4.78, 5) is 2.50. The Kier molecular flexibility index (Phi) is 8.83. The van der Waals surface area contributed by atoms with Crippen LogP contribution in [-0.2, 0) is 9.47 Å². The monoisotopic (exact) mass is 245 g/mol. The summed E-state index contributed by atoms with van der Waals surface area (Å²) in [6, 6.07) is 0. The number of rotatable bonds is 5. The molecular weight excluding hydrogens is 214 g/mol. The molecule has 1 rings (SSSR count). The molecule has 0 amide bonds. The van der Waals surface area contributed by atoms with E-state index in [0.29, 0.717) is 6.10 Å². The van der Waals surface area contributed by atoms with Gasteiger partial charge in [0.15, 0.2) is 0 Å². The van der Waals surface area contributed by atoms with E-state index < -0.39 is 0 Å². The maximum Gasteiger partial charge on any atom is 0.0645 e. The van der Waals surface area contributed by atoms with Crippen molar-refractivity contribution in [1.82, 2.24) is 4.90 Å². The van der Waals surface area contributed by atoms with Crippen molar-refractivity contribution in [3.05, 3.63) is 0 Å². The van der Waals surface area contributed by atoms with Gasteiger partial charge in [0, 0.05) is 25.2 Å². The first kappa shape index (κ1) is 16.9. The Bertz CT molecular complexity index is 181. The second kappa shape index (κ2) is 8.90. The predicted octanol–water partition coefficient (Wildman–Crippen LogP) is 2.94. The zero-order valence-electron chi connectivity index (χ0n) is 12.6. The molecule has 1 saturated heterocycles. The summed E-state index contributed by atoms with van der Waals surface area (Å²) in [5, 5.41) is 0. The van der Waals surface area contributed by atoms with Crippen LogP contribution < -0.4 is 0 Å². The van der Waals surface area contributed by atoms with Crippen molar-refractivity contribution in [3.8, 4) is 0 Å². The third-order valence-corrected chi connectivity index (χ3v) is 2.84. The van der Waals surface area contributed by atoms with E-state index in [1.54, 1.807) is 0 Å². The normalized spacial score (nSPS) is 19.9. The highest BCUT2D eigenvalue weighted by Gasteiger charge is 2.29. The Labute approximate surface area is 107 Å². The molecule has 0 aromatic carbocycles. The molecule has 1 fully saturated rings. The molecular formula is C14H31NO2. The van der Waals surface area contributed by atoms with Gasteiger partial charge in [0.25, 0.3) is 0 Å². The smallest absolute Gasteiger partial charge is 0.0645 e. The average Bonchev–Trinajstić information content (AvgIpc) is 2.28. The first-order chi connectivity index (χ1) is 8.02. The van der Waals surface area contributed by atoms with E-state index in [4.69, 9.17) is 9.47 Å². The maximum atomic E-state index is 5.54. The summed E-state index contributed by atoms with van der Waals surface area (Å²) in [6.07, 6.45) is 1.46. The second-order valence-electron chi connectivity index (χ2n) is 5.13. The quantitative estimate of drug-likeness (QED) is 0.695. The zero-order chi connectivity index (χ0) is 13.3. The molecule has 3 heteroatoms. The van der Waals surface area contributed by atoms with Crippen molar-refractivity contribution in [2.75, 3.05) is 32.9 Å². The minimum Gasteiger partial charge on any atom is -0.379 e. The van der Waals surface area contributed by atoms with Gasteiger partial charge in [-0.3, -0.25) is 4.90 Å². The third-order valence-electron chi connectivity index (χ3n) is 2.84. The number of hydrogen-bond donors (Lipinski definition) is 0. The Morgan fingerprint density at radius 2 is 1.94 bits per heavy atom. The van der Waals surface area contributed by atoms with Crippen LogP contribution in [-0.4, -0.2) is 49.5 Å². The Morgan fingerprint density at radius 1 is 1.29 bits per heavy atom. The van der Waals surface area contributed by atoms with Gasteiger partial charge in [-0.05, 0) is 34.1 Å². The molecule has 0 atom stereocenters. The van der Waals surface area contributed by atoms with Gasteiger partial charge < -0.3 is 9.47 Å². The van der Waals surface area contributed by atoms with Gasteiger partial charge in [0.2, 0.25) is 0 Å². The van der Waals surface area contributed by atoms with E-state index >= 15 is 0 Å². The molecule has 0 spiro atoms. The van der Waals surface area contributed by atoms with E-state index in [2.05, 4.69) is 32.6 Å². The predicted molar refractivity (Wildman–Crippen MR) is 73.5 cm³/mol. The number of nitrogens with zero attached hydrogens (tertiary/aromatic N) is 1. The van der Waals surface area contributed by atoms with Gasteiger partial charge in [-0.2, -0.15) is 0 Å². The molecule has 17 heavy (non-hydrogen) atoms. The first-order valence-electron chi connectivity index (χ1n) is 6.97. The summed E-state index contributed by atoms with van der Waals surface area (Å²) in [5.74, 6) is 0. The fourth-order valence-electron chi connectivity index (χ4n) is 1.88. The van der Waals surface area contributed by atoms with Crippen LogP contribution in [0.4, 0.5) is 0 Å². The molecule has 0 saturated carbocycles. The van der Waals surface area contributed by atoms with Crippen LogP contribution in [0.1, 0.15) is 48.0 Å². The highest BCUT2D eigenvalue weighted by atomic mass is 16.5. The fraction of sp³-hybridized carbons (Fsp3) is 1.00. The van der Waals surface area contributed by atoms with Gasteiger partial charge in [0.05, 0.1) is 19.3 Å².